The second-order valence-electron chi connectivity index (χ2n) is 8.19. The third-order valence-electron chi connectivity index (χ3n) is 5.42. The molecule has 0 aliphatic rings. The molecule has 0 amide bonds. The third-order valence-corrected chi connectivity index (χ3v) is 5.42. The fourth-order valence-corrected chi connectivity index (χ4v) is 3.70. The van der Waals surface area contributed by atoms with E-state index in [1.54, 1.807) is 4.57 Å². The van der Waals surface area contributed by atoms with E-state index in [1.165, 1.54) is 23.4 Å². The van der Waals surface area contributed by atoms with Gasteiger partial charge in [-0.2, -0.15) is 5.10 Å². The van der Waals surface area contributed by atoms with Crippen LogP contribution in [0.3, 0.4) is 0 Å². The monoisotopic (exact) mass is 449 g/mol. The Balaban J connectivity index is 1.56. The number of aromatic nitrogens is 4. The van der Waals surface area contributed by atoms with Crippen molar-refractivity contribution in [2.45, 2.75) is 18.7 Å². The molecule has 4 aromatic rings. The SMILES string of the molecule is CN(C)c1ccc(C=Cc2ccn(CC(O)(Cn3cncn3)c3ccc(F)cc3F)c2)cc1. The molecule has 8 heteroatoms. The molecule has 33 heavy (non-hydrogen) atoms. The minimum absolute atomic E-state index is 0.00817. The summed E-state index contributed by atoms with van der Waals surface area (Å²) < 4.78 is 31.3. The normalized spacial score (nSPS) is 13.4. The predicted octanol–water partition coefficient (Wildman–Crippen LogP) is 4.18. The van der Waals surface area contributed by atoms with Gasteiger partial charge in [-0.15, -0.1) is 0 Å². The van der Waals surface area contributed by atoms with Crippen LogP contribution in [0.5, 0.6) is 0 Å². The zero-order valence-corrected chi connectivity index (χ0v) is 18.4. The van der Waals surface area contributed by atoms with Gasteiger partial charge in [0.15, 0.2) is 0 Å². The second-order valence-corrected chi connectivity index (χ2v) is 8.19. The molecule has 0 saturated heterocycles. The van der Waals surface area contributed by atoms with E-state index in [0.29, 0.717) is 0 Å². The Bertz CT molecular complexity index is 1230. The van der Waals surface area contributed by atoms with Gasteiger partial charge >= 0.3 is 0 Å². The summed E-state index contributed by atoms with van der Waals surface area (Å²) in [5.74, 6) is -1.52. The van der Waals surface area contributed by atoms with Crippen LogP contribution in [0, 0.1) is 11.6 Å². The maximum Gasteiger partial charge on any atom is 0.137 e. The molecule has 4 rings (SSSR count). The lowest BCUT2D eigenvalue weighted by Gasteiger charge is -2.29. The highest BCUT2D eigenvalue weighted by Crippen LogP contribution is 2.29. The van der Waals surface area contributed by atoms with E-state index in [0.717, 1.165) is 28.9 Å². The molecule has 2 heterocycles. The molecule has 170 valence electrons. The molecule has 0 spiro atoms. The number of aliphatic hydroxyl groups is 1. The highest BCUT2D eigenvalue weighted by atomic mass is 19.1. The van der Waals surface area contributed by atoms with Crippen LogP contribution in [-0.4, -0.2) is 38.5 Å². The maximum absolute atomic E-state index is 14.6. The number of halogens is 2. The van der Waals surface area contributed by atoms with Gasteiger partial charge < -0.3 is 14.6 Å². The minimum atomic E-state index is -1.67. The molecule has 2 aromatic heterocycles. The number of rotatable bonds is 8. The van der Waals surface area contributed by atoms with E-state index in [1.807, 2.05) is 73.9 Å². The van der Waals surface area contributed by atoms with Crippen LogP contribution in [0.25, 0.3) is 12.2 Å². The summed E-state index contributed by atoms with van der Waals surface area (Å²) in [6.07, 6.45) is 10.4. The molecule has 6 nitrogen and oxygen atoms in total. The lowest BCUT2D eigenvalue weighted by Crippen LogP contribution is -2.37. The van der Waals surface area contributed by atoms with Gasteiger partial charge in [-0.05, 0) is 35.4 Å². The summed E-state index contributed by atoms with van der Waals surface area (Å²) in [5, 5.41) is 15.5. The topological polar surface area (TPSA) is 59.1 Å². The first-order chi connectivity index (χ1) is 15.8. The molecule has 0 aliphatic carbocycles. The van der Waals surface area contributed by atoms with E-state index >= 15 is 0 Å². The summed E-state index contributed by atoms with van der Waals surface area (Å²) in [4.78, 5) is 5.92. The van der Waals surface area contributed by atoms with Gasteiger partial charge in [0, 0.05) is 43.8 Å². The van der Waals surface area contributed by atoms with Crippen molar-refractivity contribution in [1.29, 1.82) is 0 Å². The molecule has 2 aromatic carbocycles. The van der Waals surface area contributed by atoms with Crippen LogP contribution in [0.2, 0.25) is 0 Å². The molecule has 0 fully saturated rings. The van der Waals surface area contributed by atoms with Crippen molar-refractivity contribution in [3.63, 3.8) is 0 Å². The van der Waals surface area contributed by atoms with E-state index in [2.05, 4.69) is 10.1 Å². The maximum atomic E-state index is 14.6. The fraction of sp³-hybridized carbons (Fsp3) is 0.200. The summed E-state index contributed by atoms with van der Waals surface area (Å²) in [5.41, 5.74) is 1.43. The second kappa shape index (κ2) is 9.38. The molecular weight excluding hydrogens is 424 g/mol. The molecule has 1 N–H and O–H groups in total. The van der Waals surface area contributed by atoms with Gasteiger partial charge in [0.2, 0.25) is 0 Å². The van der Waals surface area contributed by atoms with E-state index in [9.17, 15) is 13.9 Å². The van der Waals surface area contributed by atoms with Crippen molar-refractivity contribution in [2.75, 3.05) is 19.0 Å². The summed E-state index contributed by atoms with van der Waals surface area (Å²) in [7, 11) is 3.99. The number of nitrogens with zero attached hydrogens (tertiary/aromatic N) is 5. The van der Waals surface area contributed by atoms with Crippen LogP contribution in [0.4, 0.5) is 14.5 Å². The lowest BCUT2D eigenvalue weighted by atomic mass is 9.92. The first-order valence-corrected chi connectivity index (χ1v) is 10.4. The smallest absolute Gasteiger partial charge is 0.137 e. The van der Waals surface area contributed by atoms with E-state index in [-0.39, 0.29) is 18.7 Å². The van der Waals surface area contributed by atoms with Crippen LogP contribution < -0.4 is 4.90 Å². The largest absolute Gasteiger partial charge is 0.381 e. The zero-order chi connectivity index (χ0) is 23.4. The molecule has 0 radical (unpaired) electrons. The Hall–Kier alpha value is -3.78. The van der Waals surface area contributed by atoms with Crippen LogP contribution in [0.15, 0.2) is 73.6 Å². The molecule has 0 bridgehead atoms. The van der Waals surface area contributed by atoms with Gasteiger partial charge in [0.1, 0.15) is 29.9 Å². The number of anilines is 1. The number of hydrogen-bond donors (Lipinski definition) is 1. The van der Waals surface area contributed by atoms with E-state index < -0.39 is 17.2 Å². The first kappa shape index (κ1) is 22.4. The average molecular weight is 450 g/mol. The fourth-order valence-electron chi connectivity index (χ4n) is 3.70. The average Bonchev–Trinajstić information content (AvgIpc) is 3.44. The standard InChI is InChI=1S/C25H25F2N5O/c1-30(2)22-8-5-19(6-9-22)3-4-20-11-12-31(14-20)15-25(33,16-32-18-28-17-29-32)23-10-7-21(26)13-24(23)27/h3-14,17-18,33H,15-16H2,1-2H3. The molecule has 0 saturated carbocycles. The Labute approximate surface area is 191 Å². The quantitative estimate of drug-likeness (QED) is 0.438. The molecular formula is C25H25F2N5O. The summed E-state index contributed by atoms with van der Waals surface area (Å²) >= 11 is 0. The first-order valence-electron chi connectivity index (χ1n) is 10.4. The van der Waals surface area contributed by atoms with Gasteiger partial charge in [-0.1, -0.05) is 30.4 Å². The molecule has 0 aliphatic heterocycles. The molecule has 1 atom stereocenters. The summed E-state index contributed by atoms with van der Waals surface area (Å²) in [6.45, 7) is -0.00207. The van der Waals surface area contributed by atoms with Crippen LogP contribution >= 0.6 is 0 Å². The number of benzene rings is 2. The summed E-state index contributed by atoms with van der Waals surface area (Å²) in [6, 6.07) is 13.3. The van der Waals surface area contributed by atoms with Crippen molar-refractivity contribution in [2.24, 2.45) is 0 Å². The van der Waals surface area contributed by atoms with Crippen molar-refractivity contribution in [3.8, 4) is 0 Å². The Kier molecular flexibility index (Phi) is 6.37. The van der Waals surface area contributed by atoms with Crippen molar-refractivity contribution in [1.82, 2.24) is 19.3 Å². The highest BCUT2D eigenvalue weighted by molar-refractivity contribution is 5.70. The van der Waals surface area contributed by atoms with Gasteiger partial charge in [-0.3, -0.25) is 0 Å². The number of hydrogen-bond acceptors (Lipinski definition) is 4. The molecule has 1 unspecified atom stereocenters. The van der Waals surface area contributed by atoms with E-state index in [4.69, 9.17) is 0 Å². The minimum Gasteiger partial charge on any atom is -0.381 e. The van der Waals surface area contributed by atoms with Gasteiger partial charge in [-0.25, -0.2) is 18.4 Å². The van der Waals surface area contributed by atoms with Crippen molar-refractivity contribution >= 4 is 17.8 Å². The Morgan fingerprint density at radius 2 is 1.76 bits per heavy atom. The van der Waals surface area contributed by atoms with Gasteiger partial charge in [0.25, 0.3) is 0 Å². The zero-order valence-electron chi connectivity index (χ0n) is 18.4. The third kappa shape index (κ3) is 5.35. The highest BCUT2D eigenvalue weighted by Gasteiger charge is 2.34. The lowest BCUT2D eigenvalue weighted by molar-refractivity contribution is -0.00534. The van der Waals surface area contributed by atoms with Crippen LogP contribution in [-0.2, 0) is 18.7 Å². The predicted molar refractivity (Wildman–Crippen MR) is 124 cm³/mol. The Morgan fingerprint density at radius 3 is 2.42 bits per heavy atom. The van der Waals surface area contributed by atoms with Crippen LogP contribution in [0.1, 0.15) is 16.7 Å². The van der Waals surface area contributed by atoms with Crippen molar-refractivity contribution < 1.29 is 13.9 Å². The van der Waals surface area contributed by atoms with Crippen molar-refractivity contribution in [3.05, 3.63) is 102 Å². The van der Waals surface area contributed by atoms with Gasteiger partial charge in [0.05, 0.1) is 13.1 Å². The Morgan fingerprint density at radius 1 is 1.00 bits per heavy atom.